The molecule has 0 aliphatic carbocycles. The van der Waals surface area contributed by atoms with E-state index in [-0.39, 0.29) is 5.78 Å². The van der Waals surface area contributed by atoms with Crippen LogP contribution in [0, 0.1) is 6.92 Å². The van der Waals surface area contributed by atoms with Crippen molar-refractivity contribution in [2.75, 3.05) is 32.1 Å². The Morgan fingerprint density at radius 2 is 1.88 bits per heavy atom. The van der Waals surface area contributed by atoms with Gasteiger partial charge in [0.25, 0.3) is 0 Å². The van der Waals surface area contributed by atoms with Gasteiger partial charge in [-0.15, -0.1) is 0 Å². The summed E-state index contributed by atoms with van der Waals surface area (Å²) in [6, 6.07) is 21.4. The SMILES string of the molecule is Cc1ccccc1C(=O)c1ccc(Nc2ccccc2CCN(C)CC2CCCO2)cc1Cl. The number of carbonyl (C=O) groups excluding carboxylic acids is 1. The maximum Gasteiger partial charge on any atom is 0.194 e. The Balaban J connectivity index is 1.43. The number of ketones is 1. The van der Waals surface area contributed by atoms with Crippen LogP contribution in [0.5, 0.6) is 0 Å². The Morgan fingerprint density at radius 3 is 2.64 bits per heavy atom. The number of carbonyl (C=O) groups is 1. The first kappa shape index (κ1) is 23.5. The van der Waals surface area contributed by atoms with Crippen molar-refractivity contribution >= 4 is 28.8 Å². The van der Waals surface area contributed by atoms with Crippen molar-refractivity contribution in [1.82, 2.24) is 4.90 Å². The molecule has 3 aromatic rings. The number of benzene rings is 3. The number of halogens is 1. The van der Waals surface area contributed by atoms with Gasteiger partial charge in [0.15, 0.2) is 5.78 Å². The van der Waals surface area contributed by atoms with Crippen molar-refractivity contribution in [3.63, 3.8) is 0 Å². The van der Waals surface area contributed by atoms with Gasteiger partial charge in [0.2, 0.25) is 0 Å². The molecule has 1 saturated heterocycles. The zero-order valence-electron chi connectivity index (χ0n) is 19.3. The largest absolute Gasteiger partial charge is 0.377 e. The Labute approximate surface area is 201 Å². The van der Waals surface area contributed by atoms with Crippen LogP contribution in [0.15, 0.2) is 66.7 Å². The summed E-state index contributed by atoms with van der Waals surface area (Å²) in [7, 11) is 2.15. The van der Waals surface area contributed by atoms with Gasteiger partial charge < -0.3 is 15.0 Å². The average Bonchev–Trinajstić information content (AvgIpc) is 3.31. The lowest BCUT2D eigenvalue weighted by atomic mass is 9.99. The fourth-order valence-electron chi connectivity index (χ4n) is 4.30. The predicted molar refractivity (Wildman–Crippen MR) is 136 cm³/mol. The summed E-state index contributed by atoms with van der Waals surface area (Å²) >= 11 is 6.54. The Bertz CT molecular complexity index is 1110. The Morgan fingerprint density at radius 1 is 1.09 bits per heavy atom. The summed E-state index contributed by atoms with van der Waals surface area (Å²) in [5.74, 6) is -0.0562. The van der Waals surface area contributed by atoms with Crippen LogP contribution in [-0.4, -0.2) is 43.5 Å². The molecule has 1 unspecified atom stereocenters. The van der Waals surface area contributed by atoms with Gasteiger partial charge in [-0.05, 0) is 68.6 Å². The number of nitrogens with zero attached hydrogens (tertiary/aromatic N) is 1. The summed E-state index contributed by atoms with van der Waals surface area (Å²) in [5.41, 5.74) is 5.30. The number of rotatable bonds is 9. The topological polar surface area (TPSA) is 41.6 Å². The number of ether oxygens (including phenoxy) is 1. The van der Waals surface area contributed by atoms with Gasteiger partial charge in [0.05, 0.1) is 11.1 Å². The first-order chi connectivity index (χ1) is 16.0. The molecule has 1 heterocycles. The zero-order valence-corrected chi connectivity index (χ0v) is 20.1. The highest BCUT2D eigenvalue weighted by molar-refractivity contribution is 6.35. The van der Waals surface area contributed by atoms with Crippen molar-refractivity contribution in [3.8, 4) is 0 Å². The van der Waals surface area contributed by atoms with Crippen LogP contribution in [0.2, 0.25) is 5.02 Å². The smallest absolute Gasteiger partial charge is 0.194 e. The van der Waals surface area contributed by atoms with E-state index in [4.69, 9.17) is 16.3 Å². The maximum atomic E-state index is 13.0. The highest BCUT2D eigenvalue weighted by atomic mass is 35.5. The highest BCUT2D eigenvalue weighted by Gasteiger charge is 2.18. The Kier molecular flexibility index (Phi) is 7.81. The van der Waals surface area contributed by atoms with Crippen molar-refractivity contribution in [3.05, 3.63) is 94.0 Å². The molecule has 0 aromatic heterocycles. The van der Waals surface area contributed by atoms with Gasteiger partial charge in [0.1, 0.15) is 0 Å². The molecule has 0 amide bonds. The molecule has 1 aliphatic heterocycles. The third-order valence-electron chi connectivity index (χ3n) is 6.20. The molecule has 33 heavy (non-hydrogen) atoms. The first-order valence-corrected chi connectivity index (χ1v) is 11.9. The summed E-state index contributed by atoms with van der Waals surface area (Å²) < 4.78 is 5.76. The summed E-state index contributed by atoms with van der Waals surface area (Å²) in [4.78, 5) is 15.3. The van der Waals surface area contributed by atoms with Crippen LogP contribution < -0.4 is 5.32 Å². The second-order valence-corrected chi connectivity index (χ2v) is 9.18. The van der Waals surface area contributed by atoms with E-state index in [1.807, 2.05) is 49.4 Å². The average molecular weight is 463 g/mol. The molecule has 172 valence electrons. The van der Waals surface area contributed by atoms with Gasteiger partial charge >= 0.3 is 0 Å². The summed E-state index contributed by atoms with van der Waals surface area (Å²) in [5, 5.41) is 3.93. The first-order valence-electron chi connectivity index (χ1n) is 11.6. The molecule has 4 rings (SSSR count). The van der Waals surface area contributed by atoms with E-state index in [0.717, 1.165) is 49.5 Å². The minimum absolute atomic E-state index is 0.0562. The van der Waals surface area contributed by atoms with Crippen LogP contribution >= 0.6 is 11.6 Å². The number of anilines is 2. The molecule has 0 saturated carbocycles. The second kappa shape index (κ2) is 11.0. The molecule has 4 nitrogen and oxygen atoms in total. The molecule has 3 aromatic carbocycles. The van der Waals surface area contributed by atoms with E-state index in [1.54, 1.807) is 6.07 Å². The fraction of sp³-hybridized carbons (Fsp3) is 0.321. The van der Waals surface area contributed by atoms with E-state index in [1.165, 1.54) is 12.0 Å². The molecule has 5 heteroatoms. The Hall–Kier alpha value is -2.66. The number of aryl methyl sites for hydroxylation is 1. The van der Waals surface area contributed by atoms with Crippen molar-refractivity contribution in [1.29, 1.82) is 0 Å². The molecule has 0 spiro atoms. The zero-order chi connectivity index (χ0) is 23.2. The van der Waals surface area contributed by atoms with E-state index >= 15 is 0 Å². The van der Waals surface area contributed by atoms with Crippen LogP contribution in [0.3, 0.4) is 0 Å². The minimum Gasteiger partial charge on any atom is -0.377 e. The fourth-order valence-corrected chi connectivity index (χ4v) is 4.57. The number of nitrogens with one attached hydrogen (secondary N) is 1. The lowest BCUT2D eigenvalue weighted by molar-refractivity contribution is 0.0816. The third-order valence-corrected chi connectivity index (χ3v) is 6.51. The van der Waals surface area contributed by atoms with Crippen molar-refractivity contribution in [2.45, 2.75) is 32.3 Å². The number of hydrogen-bond donors (Lipinski definition) is 1. The van der Waals surface area contributed by atoms with Crippen LogP contribution in [0.25, 0.3) is 0 Å². The molecular formula is C28H31ClN2O2. The third kappa shape index (κ3) is 6.02. The van der Waals surface area contributed by atoms with Gasteiger partial charge in [-0.1, -0.05) is 54.1 Å². The van der Waals surface area contributed by atoms with Gasteiger partial charge in [-0.25, -0.2) is 0 Å². The number of likely N-dealkylation sites (N-methyl/N-ethyl adjacent to an activating group) is 1. The van der Waals surface area contributed by atoms with E-state index in [0.29, 0.717) is 22.3 Å². The minimum atomic E-state index is -0.0562. The molecule has 0 bridgehead atoms. The number of para-hydroxylation sites is 1. The number of hydrogen-bond acceptors (Lipinski definition) is 4. The molecular weight excluding hydrogens is 432 g/mol. The lowest BCUT2D eigenvalue weighted by Crippen LogP contribution is -2.30. The van der Waals surface area contributed by atoms with Gasteiger partial charge in [-0.2, -0.15) is 0 Å². The van der Waals surface area contributed by atoms with Crippen LogP contribution in [0.1, 0.15) is 39.9 Å². The lowest BCUT2D eigenvalue weighted by Gasteiger charge is -2.21. The van der Waals surface area contributed by atoms with Crippen molar-refractivity contribution < 1.29 is 9.53 Å². The van der Waals surface area contributed by atoms with E-state index in [2.05, 4.69) is 35.5 Å². The molecule has 0 radical (unpaired) electrons. The van der Waals surface area contributed by atoms with Crippen LogP contribution in [-0.2, 0) is 11.2 Å². The highest BCUT2D eigenvalue weighted by Crippen LogP contribution is 2.28. The second-order valence-electron chi connectivity index (χ2n) is 8.77. The summed E-state index contributed by atoms with van der Waals surface area (Å²) in [6.07, 6.45) is 3.63. The van der Waals surface area contributed by atoms with Gasteiger partial charge in [0, 0.05) is 42.2 Å². The molecule has 1 aliphatic rings. The quantitative estimate of drug-likeness (QED) is 0.380. The van der Waals surface area contributed by atoms with Gasteiger partial charge in [-0.3, -0.25) is 4.79 Å². The maximum absolute atomic E-state index is 13.0. The van der Waals surface area contributed by atoms with E-state index < -0.39 is 0 Å². The van der Waals surface area contributed by atoms with Crippen LogP contribution in [0.4, 0.5) is 11.4 Å². The predicted octanol–water partition coefficient (Wildman–Crippen LogP) is 6.28. The molecule has 1 atom stereocenters. The van der Waals surface area contributed by atoms with Crippen molar-refractivity contribution in [2.24, 2.45) is 0 Å². The summed E-state index contributed by atoms with van der Waals surface area (Å²) in [6.45, 7) is 4.76. The molecule has 1 fully saturated rings. The normalized spacial score (nSPS) is 15.7. The standard InChI is InChI=1S/C28H31ClN2O2/c1-20-8-3-5-11-24(20)28(32)25-14-13-22(18-26(25)29)30-27-12-6-4-9-21(27)15-16-31(2)19-23-10-7-17-33-23/h3-6,8-9,11-14,18,23,30H,7,10,15-17,19H2,1-2H3. The monoisotopic (exact) mass is 462 g/mol. The molecule has 1 N–H and O–H groups in total. The van der Waals surface area contributed by atoms with E-state index in [9.17, 15) is 4.79 Å².